The van der Waals surface area contributed by atoms with Crippen LogP contribution in [0.15, 0.2) is 0 Å². The van der Waals surface area contributed by atoms with Crippen LogP contribution in [0, 0.1) is 25.7 Å². The van der Waals surface area contributed by atoms with Gasteiger partial charge in [0.15, 0.2) is 0 Å². The quantitative estimate of drug-likeness (QED) is 0.796. The molecule has 2 rings (SSSR count). The van der Waals surface area contributed by atoms with Gasteiger partial charge in [0.05, 0.1) is 5.69 Å². The maximum absolute atomic E-state index is 12.4. The Morgan fingerprint density at radius 3 is 2.33 bits per heavy atom. The first-order valence-corrected chi connectivity index (χ1v) is 10.3. The minimum atomic E-state index is 0.0410. The van der Waals surface area contributed by atoms with E-state index in [-0.39, 0.29) is 23.8 Å². The zero-order valence-corrected chi connectivity index (χ0v) is 17.8. The first-order valence-electron chi connectivity index (χ1n) is 10.3. The molecule has 0 spiro atoms. The van der Waals surface area contributed by atoms with Gasteiger partial charge in [-0.2, -0.15) is 5.10 Å². The number of aromatic nitrogens is 2. The average Bonchev–Trinajstić information content (AvgIpc) is 2.85. The van der Waals surface area contributed by atoms with E-state index >= 15 is 0 Å². The number of likely N-dealkylation sites (tertiary alicyclic amines) is 1. The number of aryl methyl sites for hydroxylation is 1. The molecule has 1 aromatic heterocycles. The van der Waals surface area contributed by atoms with Crippen LogP contribution in [0.2, 0.25) is 0 Å². The molecule has 1 aromatic rings. The molecule has 27 heavy (non-hydrogen) atoms. The van der Waals surface area contributed by atoms with E-state index in [0.29, 0.717) is 12.3 Å². The van der Waals surface area contributed by atoms with Crippen LogP contribution in [0.3, 0.4) is 0 Å². The summed E-state index contributed by atoms with van der Waals surface area (Å²) in [5, 5.41) is 7.78. The van der Waals surface area contributed by atoms with Crippen LogP contribution in [-0.2, 0) is 22.6 Å². The van der Waals surface area contributed by atoms with Crippen LogP contribution in [0.25, 0.3) is 0 Å². The van der Waals surface area contributed by atoms with Crippen LogP contribution in [0.5, 0.6) is 0 Å². The predicted molar refractivity (Wildman–Crippen MR) is 107 cm³/mol. The third-order valence-corrected chi connectivity index (χ3v) is 5.34. The molecule has 1 aliphatic heterocycles. The van der Waals surface area contributed by atoms with Crippen molar-refractivity contribution in [2.75, 3.05) is 13.1 Å². The maximum atomic E-state index is 12.4. The molecule has 0 bridgehead atoms. The van der Waals surface area contributed by atoms with Crippen molar-refractivity contribution in [3.63, 3.8) is 0 Å². The summed E-state index contributed by atoms with van der Waals surface area (Å²) in [4.78, 5) is 26.4. The number of amides is 2. The Morgan fingerprint density at radius 1 is 1.15 bits per heavy atom. The molecule has 0 radical (unpaired) electrons. The largest absolute Gasteiger partial charge is 0.353 e. The Balaban J connectivity index is 1.81. The van der Waals surface area contributed by atoms with Gasteiger partial charge in [0.1, 0.15) is 0 Å². The number of carbonyl (C=O) groups is 2. The predicted octanol–water partition coefficient (Wildman–Crippen LogP) is 2.85. The summed E-state index contributed by atoms with van der Waals surface area (Å²) in [5.74, 6) is 0.898. The maximum Gasteiger partial charge on any atom is 0.225 e. The van der Waals surface area contributed by atoms with E-state index in [4.69, 9.17) is 0 Å². The summed E-state index contributed by atoms with van der Waals surface area (Å²) in [5.41, 5.74) is 3.40. The second kappa shape index (κ2) is 9.38. The van der Waals surface area contributed by atoms with Crippen LogP contribution in [0.1, 0.15) is 63.9 Å². The van der Waals surface area contributed by atoms with Gasteiger partial charge in [-0.3, -0.25) is 14.3 Å². The molecule has 2 amide bonds. The van der Waals surface area contributed by atoms with Gasteiger partial charge in [0, 0.05) is 43.7 Å². The van der Waals surface area contributed by atoms with Gasteiger partial charge in [-0.25, -0.2) is 0 Å². The molecule has 2 heterocycles. The fraction of sp³-hybridized carbons (Fsp3) is 0.762. The van der Waals surface area contributed by atoms with Crippen molar-refractivity contribution in [2.24, 2.45) is 11.8 Å². The molecule has 0 aliphatic carbocycles. The zero-order valence-electron chi connectivity index (χ0n) is 17.8. The highest BCUT2D eigenvalue weighted by Crippen LogP contribution is 2.17. The number of rotatable bonds is 7. The topological polar surface area (TPSA) is 67.2 Å². The zero-order chi connectivity index (χ0) is 20.1. The monoisotopic (exact) mass is 376 g/mol. The highest BCUT2D eigenvalue weighted by atomic mass is 16.2. The lowest BCUT2D eigenvalue weighted by molar-refractivity contribution is -0.135. The Labute approximate surface area is 163 Å². The van der Waals surface area contributed by atoms with Crippen molar-refractivity contribution in [3.05, 3.63) is 17.0 Å². The van der Waals surface area contributed by atoms with Crippen LogP contribution < -0.4 is 5.32 Å². The van der Waals surface area contributed by atoms with Gasteiger partial charge in [0.2, 0.25) is 11.8 Å². The summed E-state index contributed by atoms with van der Waals surface area (Å²) in [6.45, 7) is 14.7. The Kier molecular flexibility index (Phi) is 7.45. The summed E-state index contributed by atoms with van der Waals surface area (Å²) in [6.07, 6.45) is 2.90. The SMILES string of the molecule is Cc1nn(CC(C)C)c(C)c1CCC(=O)NC1CCN(C(=O)C(C)C)CC1. The number of hydrogen-bond acceptors (Lipinski definition) is 3. The van der Waals surface area contributed by atoms with Gasteiger partial charge < -0.3 is 10.2 Å². The lowest BCUT2D eigenvalue weighted by atomic mass is 10.0. The number of piperidine rings is 1. The number of carbonyl (C=O) groups excluding carboxylic acids is 2. The van der Waals surface area contributed by atoms with Crippen molar-refractivity contribution in [2.45, 2.75) is 79.8 Å². The second-order valence-electron chi connectivity index (χ2n) is 8.55. The molecule has 1 N–H and O–H groups in total. The third-order valence-electron chi connectivity index (χ3n) is 5.34. The van der Waals surface area contributed by atoms with Crippen LogP contribution in [0.4, 0.5) is 0 Å². The van der Waals surface area contributed by atoms with Gasteiger partial charge >= 0.3 is 0 Å². The highest BCUT2D eigenvalue weighted by Gasteiger charge is 2.25. The van der Waals surface area contributed by atoms with Crippen LogP contribution in [-0.4, -0.2) is 45.6 Å². The molecule has 0 saturated carbocycles. The normalized spacial score (nSPS) is 15.6. The van der Waals surface area contributed by atoms with Crippen LogP contribution >= 0.6 is 0 Å². The van der Waals surface area contributed by atoms with Crippen molar-refractivity contribution < 1.29 is 9.59 Å². The third kappa shape index (κ3) is 5.81. The second-order valence-corrected chi connectivity index (χ2v) is 8.55. The van der Waals surface area contributed by atoms with Gasteiger partial charge in [-0.05, 0) is 44.6 Å². The van der Waals surface area contributed by atoms with Gasteiger partial charge in [-0.1, -0.05) is 27.7 Å². The number of hydrogen-bond donors (Lipinski definition) is 1. The molecular weight excluding hydrogens is 340 g/mol. The summed E-state index contributed by atoms with van der Waals surface area (Å²) < 4.78 is 2.06. The molecule has 152 valence electrons. The van der Waals surface area contributed by atoms with E-state index in [1.807, 2.05) is 25.7 Å². The summed E-state index contributed by atoms with van der Waals surface area (Å²) in [7, 11) is 0. The fourth-order valence-corrected chi connectivity index (χ4v) is 3.77. The van der Waals surface area contributed by atoms with Crippen molar-refractivity contribution in [1.82, 2.24) is 20.0 Å². The first-order chi connectivity index (χ1) is 12.7. The number of nitrogens with zero attached hydrogens (tertiary/aromatic N) is 3. The summed E-state index contributed by atoms with van der Waals surface area (Å²) in [6, 6.07) is 0.180. The molecule has 1 fully saturated rings. The molecule has 1 saturated heterocycles. The van der Waals surface area contributed by atoms with Gasteiger partial charge in [0.25, 0.3) is 0 Å². The minimum absolute atomic E-state index is 0.0410. The molecular formula is C21H36N4O2. The fourth-order valence-electron chi connectivity index (χ4n) is 3.77. The number of nitrogens with one attached hydrogen (secondary N) is 1. The molecule has 0 atom stereocenters. The Morgan fingerprint density at radius 2 is 1.78 bits per heavy atom. The average molecular weight is 377 g/mol. The minimum Gasteiger partial charge on any atom is -0.353 e. The molecule has 0 unspecified atom stereocenters. The first kappa shape index (κ1) is 21.5. The lowest BCUT2D eigenvalue weighted by Gasteiger charge is -2.33. The molecule has 6 nitrogen and oxygen atoms in total. The molecule has 6 heteroatoms. The van der Waals surface area contributed by atoms with Crippen molar-refractivity contribution in [1.29, 1.82) is 0 Å². The molecule has 0 aromatic carbocycles. The van der Waals surface area contributed by atoms with E-state index in [1.165, 1.54) is 11.3 Å². The van der Waals surface area contributed by atoms with E-state index in [1.54, 1.807) is 0 Å². The van der Waals surface area contributed by atoms with Crippen molar-refractivity contribution in [3.8, 4) is 0 Å². The Hall–Kier alpha value is -1.85. The van der Waals surface area contributed by atoms with E-state index in [2.05, 4.69) is 35.9 Å². The smallest absolute Gasteiger partial charge is 0.225 e. The summed E-state index contributed by atoms with van der Waals surface area (Å²) >= 11 is 0. The Bertz CT molecular complexity index is 655. The molecule has 1 aliphatic rings. The standard InChI is InChI=1S/C21H36N4O2/c1-14(2)13-25-17(6)19(16(5)23-25)7-8-20(26)22-18-9-11-24(12-10-18)21(27)15(3)4/h14-15,18H,7-13H2,1-6H3,(H,22,26). The van der Waals surface area contributed by atoms with E-state index < -0.39 is 0 Å². The van der Waals surface area contributed by atoms with E-state index in [9.17, 15) is 9.59 Å². The highest BCUT2D eigenvalue weighted by molar-refractivity contribution is 5.78. The van der Waals surface area contributed by atoms with Gasteiger partial charge in [-0.15, -0.1) is 0 Å². The van der Waals surface area contributed by atoms with E-state index in [0.717, 1.165) is 44.6 Å². The lowest BCUT2D eigenvalue weighted by Crippen LogP contribution is -2.47. The van der Waals surface area contributed by atoms with Crippen molar-refractivity contribution >= 4 is 11.8 Å².